The Kier molecular flexibility index (Phi) is 6.35. The van der Waals surface area contributed by atoms with E-state index in [-0.39, 0.29) is 5.91 Å². The van der Waals surface area contributed by atoms with Gasteiger partial charge in [0.2, 0.25) is 5.95 Å². The maximum absolute atomic E-state index is 12.1. The molecule has 3 aromatic rings. The van der Waals surface area contributed by atoms with E-state index in [1.165, 1.54) is 17.5 Å². The molecule has 1 aromatic carbocycles. The van der Waals surface area contributed by atoms with Crippen LogP contribution < -0.4 is 16.0 Å². The standard InChI is InChI=1S/C21H21ClN6OS/c1-23-20(29)13-6-2-3-7-15(13)26-19-14(22)12-24-21(28-19)27-18-10-9-17-16(25-18)8-4-5-11-30-17/h2-3,6-7,9-10,12H,4-5,8,11H2,1H3,(H,23,29)(H2,24,25,26,27,28). The first-order valence-electron chi connectivity index (χ1n) is 9.64. The highest BCUT2D eigenvalue weighted by Crippen LogP contribution is 2.30. The number of halogens is 1. The van der Waals surface area contributed by atoms with Gasteiger partial charge >= 0.3 is 0 Å². The van der Waals surface area contributed by atoms with Gasteiger partial charge in [0.1, 0.15) is 10.8 Å². The number of aryl methyl sites for hydroxylation is 1. The highest BCUT2D eigenvalue weighted by Gasteiger charge is 2.14. The summed E-state index contributed by atoms with van der Waals surface area (Å²) >= 11 is 8.15. The second-order valence-electron chi connectivity index (χ2n) is 6.71. The highest BCUT2D eigenvalue weighted by molar-refractivity contribution is 7.99. The number of nitrogens with zero attached hydrogens (tertiary/aromatic N) is 3. The molecule has 0 unspecified atom stereocenters. The van der Waals surface area contributed by atoms with Crippen LogP contribution >= 0.6 is 23.4 Å². The quantitative estimate of drug-likeness (QED) is 0.524. The van der Waals surface area contributed by atoms with Gasteiger partial charge in [0.05, 0.1) is 23.1 Å². The Bertz CT molecular complexity index is 1080. The van der Waals surface area contributed by atoms with Crippen LogP contribution in [-0.2, 0) is 6.42 Å². The molecule has 4 rings (SSSR count). The van der Waals surface area contributed by atoms with Crippen LogP contribution in [-0.4, -0.2) is 33.7 Å². The summed E-state index contributed by atoms with van der Waals surface area (Å²) in [6, 6.07) is 11.2. The molecule has 1 amide bonds. The van der Waals surface area contributed by atoms with Crippen LogP contribution in [0.2, 0.25) is 5.02 Å². The minimum absolute atomic E-state index is 0.200. The number of hydrogen-bond acceptors (Lipinski definition) is 7. The lowest BCUT2D eigenvalue weighted by Crippen LogP contribution is -2.19. The first-order chi connectivity index (χ1) is 14.6. The smallest absolute Gasteiger partial charge is 0.253 e. The van der Waals surface area contributed by atoms with Crippen molar-refractivity contribution in [1.29, 1.82) is 0 Å². The molecule has 9 heteroatoms. The Morgan fingerprint density at radius 3 is 2.83 bits per heavy atom. The van der Waals surface area contributed by atoms with Crippen LogP contribution in [0.1, 0.15) is 28.9 Å². The van der Waals surface area contributed by atoms with Crippen LogP contribution in [0.5, 0.6) is 0 Å². The number of pyridine rings is 1. The Morgan fingerprint density at radius 1 is 1.10 bits per heavy atom. The third-order valence-corrected chi connectivity index (χ3v) is 6.09. The highest BCUT2D eigenvalue weighted by atomic mass is 35.5. The van der Waals surface area contributed by atoms with Crippen molar-refractivity contribution in [2.45, 2.75) is 24.2 Å². The van der Waals surface area contributed by atoms with E-state index in [1.54, 1.807) is 25.2 Å². The molecule has 1 aliphatic heterocycles. The van der Waals surface area contributed by atoms with E-state index in [1.807, 2.05) is 23.9 Å². The van der Waals surface area contributed by atoms with E-state index in [4.69, 9.17) is 16.6 Å². The van der Waals surface area contributed by atoms with Crippen LogP contribution in [0.15, 0.2) is 47.5 Å². The molecule has 0 bridgehead atoms. The zero-order chi connectivity index (χ0) is 20.9. The summed E-state index contributed by atoms with van der Waals surface area (Å²) < 4.78 is 0. The molecule has 0 fully saturated rings. The number of amides is 1. The maximum atomic E-state index is 12.1. The topological polar surface area (TPSA) is 91.8 Å². The van der Waals surface area contributed by atoms with Gasteiger partial charge in [-0.1, -0.05) is 23.7 Å². The van der Waals surface area contributed by atoms with E-state index in [9.17, 15) is 4.79 Å². The fraction of sp³-hybridized carbons (Fsp3) is 0.238. The van der Waals surface area contributed by atoms with Gasteiger partial charge in [-0.05, 0) is 49.3 Å². The van der Waals surface area contributed by atoms with E-state index in [2.05, 4.69) is 32.0 Å². The number of anilines is 4. The van der Waals surface area contributed by atoms with Crippen molar-refractivity contribution in [3.05, 3.63) is 58.9 Å². The van der Waals surface area contributed by atoms with E-state index >= 15 is 0 Å². The number of hydrogen-bond donors (Lipinski definition) is 3. The van der Waals surface area contributed by atoms with Gasteiger partial charge in [-0.2, -0.15) is 4.98 Å². The number of rotatable bonds is 5. The molecule has 154 valence electrons. The average Bonchev–Trinajstić information content (AvgIpc) is 3.01. The molecule has 1 aliphatic rings. The van der Waals surface area contributed by atoms with Gasteiger partial charge < -0.3 is 16.0 Å². The van der Waals surface area contributed by atoms with Crippen molar-refractivity contribution in [3.8, 4) is 0 Å². The lowest BCUT2D eigenvalue weighted by Gasteiger charge is -2.13. The Morgan fingerprint density at radius 2 is 1.97 bits per heavy atom. The molecule has 0 atom stereocenters. The van der Waals surface area contributed by atoms with Crippen molar-refractivity contribution in [2.24, 2.45) is 0 Å². The van der Waals surface area contributed by atoms with Crippen LogP contribution in [0.3, 0.4) is 0 Å². The Hall–Kier alpha value is -2.84. The lowest BCUT2D eigenvalue weighted by molar-refractivity contribution is 0.0964. The molecule has 2 aromatic heterocycles. The molecule has 0 spiro atoms. The predicted octanol–water partition coefficient (Wildman–Crippen LogP) is 4.80. The second-order valence-corrected chi connectivity index (χ2v) is 8.26. The van der Waals surface area contributed by atoms with Crippen molar-refractivity contribution in [1.82, 2.24) is 20.3 Å². The predicted molar refractivity (Wildman–Crippen MR) is 121 cm³/mol. The van der Waals surface area contributed by atoms with Gasteiger partial charge in [0.25, 0.3) is 5.91 Å². The Balaban J connectivity index is 1.57. The molecule has 0 saturated heterocycles. The SMILES string of the molecule is CNC(=O)c1ccccc1Nc1nc(Nc2ccc3c(n2)CCCCS3)ncc1Cl. The van der Waals surface area contributed by atoms with Crippen molar-refractivity contribution in [2.75, 3.05) is 23.4 Å². The molecule has 0 saturated carbocycles. The van der Waals surface area contributed by atoms with E-state index < -0.39 is 0 Å². The number of nitrogens with one attached hydrogen (secondary N) is 3. The number of carbonyl (C=O) groups excluding carboxylic acids is 1. The third-order valence-electron chi connectivity index (χ3n) is 4.63. The van der Waals surface area contributed by atoms with E-state index in [0.29, 0.717) is 33.9 Å². The Labute approximate surface area is 184 Å². The lowest BCUT2D eigenvalue weighted by atomic mass is 10.1. The molecule has 7 nitrogen and oxygen atoms in total. The average molecular weight is 441 g/mol. The summed E-state index contributed by atoms with van der Waals surface area (Å²) in [7, 11) is 1.59. The van der Waals surface area contributed by atoms with Crippen LogP contribution in [0.25, 0.3) is 0 Å². The van der Waals surface area contributed by atoms with Gasteiger partial charge in [0.15, 0.2) is 5.82 Å². The number of thioether (sulfide) groups is 1. The number of carbonyl (C=O) groups is 1. The monoisotopic (exact) mass is 440 g/mol. The number of benzene rings is 1. The molecular formula is C21H21ClN6OS. The molecule has 3 heterocycles. The summed E-state index contributed by atoms with van der Waals surface area (Å²) in [6.45, 7) is 0. The number of aromatic nitrogens is 3. The van der Waals surface area contributed by atoms with Gasteiger partial charge in [-0.3, -0.25) is 4.79 Å². The summed E-state index contributed by atoms with van der Waals surface area (Å²) in [5, 5.41) is 9.26. The van der Waals surface area contributed by atoms with E-state index in [0.717, 1.165) is 24.3 Å². The zero-order valence-corrected chi connectivity index (χ0v) is 18.0. The summed E-state index contributed by atoms with van der Waals surface area (Å²) in [5.74, 6) is 2.39. The fourth-order valence-corrected chi connectivity index (χ4v) is 4.31. The first kappa shape index (κ1) is 20.4. The summed E-state index contributed by atoms with van der Waals surface area (Å²) in [5.41, 5.74) is 2.20. The summed E-state index contributed by atoms with van der Waals surface area (Å²) in [4.78, 5) is 26.8. The van der Waals surface area contributed by atoms with Crippen LogP contribution in [0.4, 0.5) is 23.3 Å². The molecule has 0 aliphatic carbocycles. The zero-order valence-electron chi connectivity index (χ0n) is 16.4. The summed E-state index contributed by atoms with van der Waals surface area (Å²) in [6.07, 6.45) is 4.84. The minimum atomic E-state index is -0.200. The fourth-order valence-electron chi connectivity index (χ4n) is 3.13. The molecule has 30 heavy (non-hydrogen) atoms. The van der Waals surface area contributed by atoms with Gasteiger partial charge in [-0.25, -0.2) is 9.97 Å². The van der Waals surface area contributed by atoms with Gasteiger partial charge in [0, 0.05) is 11.9 Å². The van der Waals surface area contributed by atoms with Crippen molar-refractivity contribution < 1.29 is 4.79 Å². The van der Waals surface area contributed by atoms with Crippen molar-refractivity contribution >= 4 is 52.5 Å². The number of para-hydroxylation sites is 1. The maximum Gasteiger partial charge on any atom is 0.253 e. The van der Waals surface area contributed by atoms with Crippen LogP contribution in [0, 0.1) is 0 Å². The minimum Gasteiger partial charge on any atom is -0.355 e. The number of fused-ring (bicyclic) bond motifs is 1. The second kappa shape index (κ2) is 9.32. The third kappa shape index (κ3) is 4.66. The molecule has 3 N–H and O–H groups in total. The first-order valence-corrected chi connectivity index (χ1v) is 11.0. The molecule has 0 radical (unpaired) electrons. The normalized spacial score (nSPS) is 13.1. The van der Waals surface area contributed by atoms with Crippen molar-refractivity contribution in [3.63, 3.8) is 0 Å². The molecular weight excluding hydrogens is 420 g/mol. The largest absolute Gasteiger partial charge is 0.355 e. The van der Waals surface area contributed by atoms with Gasteiger partial charge in [-0.15, -0.1) is 11.8 Å².